The largest absolute Gasteiger partial charge is 0.349 e. The molecule has 0 aliphatic rings. The molecule has 1 amide bonds. The van der Waals surface area contributed by atoms with Crippen molar-refractivity contribution >= 4 is 15.7 Å². The molecular weight excluding hydrogens is 334 g/mol. The van der Waals surface area contributed by atoms with Crippen LogP contribution < -0.4 is 5.32 Å². The van der Waals surface area contributed by atoms with E-state index in [9.17, 15) is 13.2 Å². The molecule has 0 saturated heterocycles. The number of carbonyl (C=O) groups excluding carboxylic acids is 1. The topological polar surface area (TPSA) is 63.2 Å². The van der Waals surface area contributed by atoms with Gasteiger partial charge in [-0.05, 0) is 37.0 Å². The molecule has 134 valence electrons. The van der Waals surface area contributed by atoms with Gasteiger partial charge in [-0.1, -0.05) is 61.0 Å². The highest BCUT2D eigenvalue weighted by molar-refractivity contribution is 7.91. The van der Waals surface area contributed by atoms with Gasteiger partial charge >= 0.3 is 0 Å². The predicted molar refractivity (Wildman–Crippen MR) is 101 cm³/mol. The van der Waals surface area contributed by atoms with E-state index < -0.39 is 21.5 Å². The Labute approximate surface area is 150 Å². The number of benzene rings is 2. The first-order valence-corrected chi connectivity index (χ1v) is 10.3. The molecule has 0 bridgehead atoms. The summed E-state index contributed by atoms with van der Waals surface area (Å²) in [4.78, 5) is 12.1. The fourth-order valence-corrected chi connectivity index (χ4v) is 3.88. The Balaban J connectivity index is 1.94. The molecule has 0 saturated carbocycles. The van der Waals surface area contributed by atoms with Crippen LogP contribution in [0, 0.1) is 6.92 Å². The molecule has 0 aromatic heterocycles. The molecule has 5 heteroatoms. The fourth-order valence-electron chi connectivity index (χ4n) is 2.60. The zero-order valence-electron chi connectivity index (χ0n) is 15.0. The molecule has 0 fully saturated rings. The third kappa shape index (κ3) is 6.02. The van der Waals surface area contributed by atoms with Crippen LogP contribution in [0.15, 0.2) is 48.5 Å². The minimum atomic E-state index is -3.50. The molecule has 0 spiro atoms. The molecule has 0 aliphatic carbocycles. The molecular formula is C20H25NO3S. The summed E-state index contributed by atoms with van der Waals surface area (Å²) in [5.74, 6) is -1.10. The maximum atomic E-state index is 12.2. The maximum Gasteiger partial charge on any atom is 0.235 e. The van der Waals surface area contributed by atoms with Gasteiger partial charge in [0.05, 0.1) is 11.8 Å². The number of hydrogen-bond acceptors (Lipinski definition) is 3. The van der Waals surface area contributed by atoms with E-state index in [0.29, 0.717) is 5.56 Å². The van der Waals surface area contributed by atoms with Crippen molar-refractivity contribution in [3.63, 3.8) is 0 Å². The number of aryl methyl sites for hydroxylation is 2. The summed E-state index contributed by atoms with van der Waals surface area (Å²) in [6.45, 7) is 5.88. The van der Waals surface area contributed by atoms with E-state index in [4.69, 9.17) is 0 Å². The minimum absolute atomic E-state index is 0.125. The van der Waals surface area contributed by atoms with Crippen molar-refractivity contribution in [1.29, 1.82) is 0 Å². The summed E-state index contributed by atoms with van der Waals surface area (Å²) in [7, 11) is -3.50. The van der Waals surface area contributed by atoms with E-state index in [0.717, 1.165) is 17.5 Å². The highest BCUT2D eigenvalue weighted by Gasteiger charge is 2.19. The van der Waals surface area contributed by atoms with Gasteiger partial charge in [-0.3, -0.25) is 4.79 Å². The number of hydrogen-bond donors (Lipinski definition) is 1. The lowest BCUT2D eigenvalue weighted by Gasteiger charge is -2.15. The second-order valence-electron chi connectivity index (χ2n) is 6.40. The average molecular weight is 359 g/mol. The van der Waals surface area contributed by atoms with Gasteiger partial charge in [0, 0.05) is 0 Å². The van der Waals surface area contributed by atoms with Crippen LogP contribution in [0.1, 0.15) is 42.1 Å². The number of rotatable bonds is 7. The Kier molecular flexibility index (Phi) is 6.37. The fraction of sp³-hybridized carbons (Fsp3) is 0.350. The number of carbonyl (C=O) groups is 1. The lowest BCUT2D eigenvalue weighted by Crippen LogP contribution is -2.32. The van der Waals surface area contributed by atoms with Gasteiger partial charge in [-0.2, -0.15) is 0 Å². The normalized spacial score (nSPS) is 12.6. The molecule has 1 N–H and O–H groups in total. The predicted octanol–water partition coefficient (Wildman–Crippen LogP) is 3.35. The standard InChI is InChI=1S/C20H25NO3S/c1-4-17-9-11-19(12-10-17)16(3)21-20(22)14-25(23,24)13-18-7-5-15(2)6-8-18/h5-12,16H,4,13-14H2,1-3H3,(H,21,22). The molecule has 4 nitrogen and oxygen atoms in total. The Bertz CT molecular complexity index is 809. The molecule has 0 radical (unpaired) electrons. The highest BCUT2D eigenvalue weighted by Crippen LogP contribution is 2.14. The SMILES string of the molecule is CCc1ccc(C(C)NC(=O)CS(=O)(=O)Cc2ccc(C)cc2)cc1. The Morgan fingerprint density at radius 2 is 1.56 bits per heavy atom. The van der Waals surface area contributed by atoms with E-state index in [1.54, 1.807) is 12.1 Å². The second-order valence-corrected chi connectivity index (χ2v) is 8.47. The summed E-state index contributed by atoms with van der Waals surface area (Å²) in [5.41, 5.74) is 3.95. The first-order chi connectivity index (χ1) is 11.8. The van der Waals surface area contributed by atoms with Crippen molar-refractivity contribution in [2.75, 3.05) is 5.75 Å². The monoisotopic (exact) mass is 359 g/mol. The maximum absolute atomic E-state index is 12.2. The Hall–Kier alpha value is -2.14. The van der Waals surface area contributed by atoms with Gasteiger partial charge in [0.25, 0.3) is 0 Å². The second kappa shape index (κ2) is 8.30. The van der Waals surface area contributed by atoms with Crippen LogP contribution in [-0.4, -0.2) is 20.1 Å². The van der Waals surface area contributed by atoms with E-state index in [2.05, 4.69) is 12.2 Å². The van der Waals surface area contributed by atoms with Crippen LogP contribution >= 0.6 is 0 Å². The minimum Gasteiger partial charge on any atom is -0.349 e. The van der Waals surface area contributed by atoms with Crippen LogP contribution in [0.25, 0.3) is 0 Å². The molecule has 1 atom stereocenters. The van der Waals surface area contributed by atoms with E-state index >= 15 is 0 Å². The van der Waals surface area contributed by atoms with Crippen LogP contribution in [0.5, 0.6) is 0 Å². The highest BCUT2D eigenvalue weighted by atomic mass is 32.2. The first kappa shape index (κ1) is 19.2. The molecule has 0 heterocycles. The van der Waals surface area contributed by atoms with Crippen LogP contribution in [-0.2, 0) is 26.8 Å². The van der Waals surface area contributed by atoms with Gasteiger partial charge in [0.15, 0.2) is 9.84 Å². The van der Waals surface area contributed by atoms with Crippen LogP contribution in [0.2, 0.25) is 0 Å². The molecule has 1 unspecified atom stereocenters. The summed E-state index contributed by atoms with van der Waals surface area (Å²) in [6, 6.07) is 15.0. The smallest absolute Gasteiger partial charge is 0.235 e. The zero-order valence-corrected chi connectivity index (χ0v) is 15.8. The first-order valence-electron chi connectivity index (χ1n) is 8.43. The number of sulfone groups is 1. The van der Waals surface area contributed by atoms with Gasteiger partial charge in [0.1, 0.15) is 5.75 Å². The molecule has 2 aromatic carbocycles. The summed E-state index contributed by atoms with van der Waals surface area (Å²) >= 11 is 0. The quantitative estimate of drug-likeness (QED) is 0.824. The third-order valence-electron chi connectivity index (χ3n) is 4.12. The zero-order chi connectivity index (χ0) is 18.4. The summed E-state index contributed by atoms with van der Waals surface area (Å²) in [5, 5.41) is 2.77. The third-order valence-corrected chi connectivity index (χ3v) is 5.60. The molecule has 25 heavy (non-hydrogen) atoms. The average Bonchev–Trinajstić information content (AvgIpc) is 2.56. The van der Waals surface area contributed by atoms with Gasteiger partial charge in [-0.15, -0.1) is 0 Å². The van der Waals surface area contributed by atoms with Gasteiger partial charge in [-0.25, -0.2) is 8.42 Å². The Morgan fingerprint density at radius 3 is 2.12 bits per heavy atom. The molecule has 0 aliphatic heterocycles. The van der Waals surface area contributed by atoms with Gasteiger partial charge < -0.3 is 5.32 Å². The van der Waals surface area contributed by atoms with Gasteiger partial charge in [0.2, 0.25) is 5.91 Å². The lowest BCUT2D eigenvalue weighted by atomic mass is 10.1. The van der Waals surface area contributed by atoms with Crippen molar-refractivity contribution in [3.8, 4) is 0 Å². The van der Waals surface area contributed by atoms with Crippen LogP contribution in [0.4, 0.5) is 0 Å². The lowest BCUT2D eigenvalue weighted by molar-refractivity contribution is -0.119. The van der Waals surface area contributed by atoms with Crippen LogP contribution in [0.3, 0.4) is 0 Å². The molecule has 2 rings (SSSR count). The van der Waals surface area contributed by atoms with Crippen molar-refractivity contribution < 1.29 is 13.2 Å². The number of nitrogens with one attached hydrogen (secondary N) is 1. The van der Waals surface area contributed by atoms with Crippen molar-refractivity contribution in [2.45, 2.75) is 39.0 Å². The Morgan fingerprint density at radius 1 is 1.00 bits per heavy atom. The summed E-state index contributed by atoms with van der Waals surface area (Å²) in [6.07, 6.45) is 0.957. The van der Waals surface area contributed by atoms with E-state index in [-0.39, 0.29) is 11.8 Å². The number of amides is 1. The molecule has 2 aromatic rings. The van der Waals surface area contributed by atoms with Crippen molar-refractivity contribution in [3.05, 3.63) is 70.8 Å². The van der Waals surface area contributed by atoms with Crippen molar-refractivity contribution in [2.24, 2.45) is 0 Å². The van der Waals surface area contributed by atoms with E-state index in [1.165, 1.54) is 5.56 Å². The van der Waals surface area contributed by atoms with Crippen molar-refractivity contribution in [1.82, 2.24) is 5.32 Å². The summed E-state index contributed by atoms with van der Waals surface area (Å²) < 4.78 is 24.5. The van der Waals surface area contributed by atoms with E-state index in [1.807, 2.05) is 50.2 Å².